The molecule has 0 bridgehead atoms. The van der Waals surface area contributed by atoms with Crippen LogP contribution in [0, 0.1) is 0 Å². The molecule has 1 fully saturated rings. The van der Waals surface area contributed by atoms with Crippen molar-refractivity contribution in [2.24, 2.45) is 5.16 Å². The number of pyridine rings is 1. The summed E-state index contributed by atoms with van der Waals surface area (Å²) >= 11 is 0. The summed E-state index contributed by atoms with van der Waals surface area (Å²) < 4.78 is 0. The van der Waals surface area contributed by atoms with E-state index in [2.05, 4.69) is 39.4 Å². The molecule has 1 aromatic heterocycles. The standard InChI is InChI=1S/C21H24N4O2/c1-16(17-7-3-2-4-8-17)14-23-20(26)18-13-21(27-24-18)10-12-25(15-21)19-9-5-6-11-22-19/h2-9,11,16H,10,12-15H2,1H3,(H,23,26)/t16-,21+/m1/s1. The molecule has 1 N–H and O–H groups in total. The predicted molar refractivity (Wildman–Crippen MR) is 105 cm³/mol. The summed E-state index contributed by atoms with van der Waals surface area (Å²) in [7, 11) is 0. The van der Waals surface area contributed by atoms with Gasteiger partial charge in [-0.2, -0.15) is 0 Å². The molecule has 1 spiro atoms. The minimum atomic E-state index is -0.407. The van der Waals surface area contributed by atoms with Crippen LogP contribution >= 0.6 is 0 Å². The maximum atomic E-state index is 12.5. The average Bonchev–Trinajstić information content (AvgIpc) is 3.34. The number of oxime groups is 1. The fraction of sp³-hybridized carbons (Fsp3) is 0.381. The van der Waals surface area contributed by atoms with Crippen LogP contribution in [0.1, 0.15) is 31.2 Å². The normalized spacial score (nSPS) is 22.4. The van der Waals surface area contributed by atoms with Gasteiger partial charge in [0.15, 0.2) is 5.60 Å². The molecule has 2 aliphatic rings. The number of nitrogens with one attached hydrogen (secondary N) is 1. The molecule has 2 aromatic rings. The Bertz CT molecular complexity index is 825. The van der Waals surface area contributed by atoms with Crippen LogP contribution in [0.3, 0.4) is 0 Å². The van der Waals surface area contributed by atoms with Crippen LogP contribution in [0.25, 0.3) is 0 Å². The van der Waals surface area contributed by atoms with Crippen molar-refractivity contribution >= 4 is 17.4 Å². The minimum absolute atomic E-state index is 0.133. The van der Waals surface area contributed by atoms with Gasteiger partial charge in [0.25, 0.3) is 5.91 Å². The van der Waals surface area contributed by atoms with E-state index in [1.807, 2.05) is 36.4 Å². The van der Waals surface area contributed by atoms with E-state index in [-0.39, 0.29) is 11.8 Å². The Hall–Kier alpha value is -2.89. The number of rotatable bonds is 5. The number of benzene rings is 1. The van der Waals surface area contributed by atoms with E-state index in [1.54, 1.807) is 6.20 Å². The molecule has 4 rings (SSSR count). The quantitative estimate of drug-likeness (QED) is 0.886. The summed E-state index contributed by atoms with van der Waals surface area (Å²) in [5, 5.41) is 7.10. The highest BCUT2D eigenvalue weighted by molar-refractivity contribution is 6.39. The number of hydrogen-bond acceptors (Lipinski definition) is 5. The van der Waals surface area contributed by atoms with Crippen molar-refractivity contribution in [3.8, 4) is 0 Å². The number of carbonyl (C=O) groups excluding carboxylic acids is 1. The van der Waals surface area contributed by atoms with Gasteiger partial charge in [0, 0.05) is 32.1 Å². The smallest absolute Gasteiger partial charge is 0.269 e. The summed E-state index contributed by atoms with van der Waals surface area (Å²) in [5.74, 6) is 1.05. The number of hydrogen-bond donors (Lipinski definition) is 1. The van der Waals surface area contributed by atoms with Crippen molar-refractivity contribution in [2.45, 2.75) is 31.3 Å². The number of anilines is 1. The van der Waals surface area contributed by atoms with E-state index < -0.39 is 5.60 Å². The Kier molecular flexibility index (Phi) is 4.79. The SMILES string of the molecule is C[C@H](CNC(=O)C1=NO[C@@]2(CCN(c3ccccn3)C2)C1)c1ccccc1. The molecule has 0 radical (unpaired) electrons. The third-order valence-corrected chi connectivity index (χ3v) is 5.33. The maximum Gasteiger partial charge on any atom is 0.269 e. The summed E-state index contributed by atoms with van der Waals surface area (Å²) in [6.45, 7) is 4.23. The second-order valence-electron chi connectivity index (χ2n) is 7.37. The van der Waals surface area contributed by atoms with Gasteiger partial charge in [0.2, 0.25) is 0 Å². The molecule has 2 atom stereocenters. The number of nitrogens with zero attached hydrogens (tertiary/aromatic N) is 3. The van der Waals surface area contributed by atoms with Crippen LogP contribution in [0.2, 0.25) is 0 Å². The lowest BCUT2D eigenvalue weighted by Gasteiger charge is -2.22. The van der Waals surface area contributed by atoms with Crippen LogP contribution in [-0.2, 0) is 9.63 Å². The first-order valence-electron chi connectivity index (χ1n) is 9.39. The van der Waals surface area contributed by atoms with Gasteiger partial charge in [0.05, 0.1) is 6.54 Å². The summed E-state index contributed by atoms with van der Waals surface area (Å²) in [6.07, 6.45) is 3.17. The molecule has 6 nitrogen and oxygen atoms in total. The van der Waals surface area contributed by atoms with E-state index >= 15 is 0 Å². The molecule has 1 saturated heterocycles. The lowest BCUT2D eigenvalue weighted by molar-refractivity contribution is -0.115. The molecule has 140 valence electrons. The third kappa shape index (κ3) is 3.79. The monoisotopic (exact) mass is 364 g/mol. The average molecular weight is 364 g/mol. The van der Waals surface area contributed by atoms with Gasteiger partial charge in [-0.15, -0.1) is 0 Å². The molecule has 27 heavy (non-hydrogen) atoms. The van der Waals surface area contributed by atoms with Crippen LogP contribution < -0.4 is 10.2 Å². The second kappa shape index (κ2) is 7.39. The Morgan fingerprint density at radius 3 is 2.85 bits per heavy atom. The highest BCUT2D eigenvalue weighted by Crippen LogP contribution is 2.35. The highest BCUT2D eigenvalue weighted by Gasteiger charge is 2.47. The molecule has 1 aromatic carbocycles. The van der Waals surface area contributed by atoms with E-state index in [1.165, 1.54) is 5.56 Å². The maximum absolute atomic E-state index is 12.5. The Labute approximate surface area is 159 Å². The van der Waals surface area contributed by atoms with Crippen molar-refractivity contribution < 1.29 is 9.63 Å². The topological polar surface area (TPSA) is 66.8 Å². The van der Waals surface area contributed by atoms with Crippen molar-refractivity contribution in [2.75, 3.05) is 24.5 Å². The molecule has 3 heterocycles. The Morgan fingerprint density at radius 2 is 2.07 bits per heavy atom. The Morgan fingerprint density at radius 1 is 1.26 bits per heavy atom. The van der Waals surface area contributed by atoms with Gasteiger partial charge < -0.3 is 15.1 Å². The Balaban J connectivity index is 1.31. The van der Waals surface area contributed by atoms with Gasteiger partial charge in [-0.05, 0) is 23.6 Å². The van der Waals surface area contributed by atoms with E-state index in [0.717, 1.165) is 18.8 Å². The number of amides is 1. The zero-order valence-corrected chi connectivity index (χ0v) is 15.5. The predicted octanol–water partition coefficient (Wildman–Crippen LogP) is 2.73. The van der Waals surface area contributed by atoms with E-state index in [0.29, 0.717) is 25.2 Å². The van der Waals surface area contributed by atoms with Gasteiger partial charge in [0.1, 0.15) is 11.5 Å². The summed E-state index contributed by atoms with van der Waals surface area (Å²) in [6, 6.07) is 16.1. The second-order valence-corrected chi connectivity index (χ2v) is 7.37. The van der Waals surface area contributed by atoms with Crippen molar-refractivity contribution in [1.29, 1.82) is 0 Å². The van der Waals surface area contributed by atoms with E-state index in [4.69, 9.17) is 4.84 Å². The highest BCUT2D eigenvalue weighted by atomic mass is 16.7. The fourth-order valence-electron chi connectivity index (χ4n) is 3.69. The molecule has 0 aliphatic carbocycles. The van der Waals surface area contributed by atoms with Crippen LogP contribution in [-0.4, -0.2) is 41.8 Å². The molecule has 2 aliphatic heterocycles. The zero-order valence-electron chi connectivity index (χ0n) is 15.5. The van der Waals surface area contributed by atoms with Crippen molar-refractivity contribution in [3.63, 3.8) is 0 Å². The first-order valence-corrected chi connectivity index (χ1v) is 9.39. The first kappa shape index (κ1) is 17.5. The van der Waals surface area contributed by atoms with Crippen LogP contribution in [0.15, 0.2) is 59.9 Å². The number of carbonyl (C=O) groups is 1. The molecule has 0 unspecified atom stereocenters. The molecule has 0 saturated carbocycles. The third-order valence-electron chi connectivity index (χ3n) is 5.33. The van der Waals surface area contributed by atoms with E-state index in [9.17, 15) is 4.79 Å². The first-order chi connectivity index (χ1) is 13.2. The molecule has 6 heteroatoms. The minimum Gasteiger partial charge on any atom is -0.386 e. The van der Waals surface area contributed by atoms with Crippen molar-refractivity contribution in [1.82, 2.24) is 10.3 Å². The lowest BCUT2D eigenvalue weighted by Crippen LogP contribution is -2.38. The number of aromatic nitrogens is 1. The van der Waals surface area contributed by atoms with Crippen molar-refractivity contribution in [3.05, 3.63) is 60.3 Å². The van der Waals surface area contributed by atoms with Gasteiger partial charge in [-0.1, -0.05) is 48.5 Å². The van der Waals surface area contributed by atoms with Crippen LogP contribution in [0.4, 0.5) is 5.82 Å². The van der Waals surface area contributed by atoms with Gasteiger partial charge in [-0.3, -0.25) is 4.79 Å². The van der Waals surface area contributed by atoms with Gasteiger partial charge >= 0.3 is 0 Å². The molecule has 1 amide bonds. The molecular weight excluding hydrogens is 340 g/mol. The zero-order chi connectivity index (χ0) is 18.7. The lowest BCUT2D eigenvalue weighted by atomic mass is 9.96. The van der Waals surface area contributed by atoms with Gasteiger partial charge in [-0.25, -0.2) is 4.98 Å². The largest absolute Gasteiger partial charge is 0.386 e. The summed E-state index contributed by atoms with van der Waals surface area (Å²) in [5.41, 5.74) is 1.29. The van der Waals surface area contributed by atoms with Crippen LogP contribution in [0.5, 0.6) is 0 Å². The molecular formula is C21H24N4O2. The summed E-state index contributed by atoms with van der Waals surface area (Å²) in [4.78, 5) is 24.8. The fourth-order valence-corrected chi connectivity index (χ4v) is 3.69.